The van der Waals surface area contributed by atoms with E-state index in [9.17, 15) is 15.4 Å². The number of hydrogen-bond donors (Lipinski definition) is 2. The molecule has 3 rings (SSSR count). The summed E-state index contributed by atoms with van der Waals surface area (Å²) in [6.45, 7) is 4.52. The standard InChI is InChI=1S/C21H20N6O2/c1-14-5-3-7-17(25-14)12-23-19-9-16(11-22)21(27(28)29)20(10-19)24-13-18-8-4-6-15(2)26-18/h3-10,23-24H,12-13H2,1-2H3. The first-order valence-electron chi connectivity index (χ1n) is 9.01. The van der Waals surface area contributed by atoms with Crippen LogP contribution in [0.15, 0.2) is 48.5 Å². The van der Waals surface area contributed by atoms with Crippen LogP contribution in [0.4, 0.5) is 17.1 Å². The van der Waals surface area contributed by atoms with E-state index in [4.69, 9.17) is 0 Å². The third kappa shape index (κ3) is 5.05. The Hall–Kier alpha value is -3.99. The van der Waals surface area contributed by atoms with Crippen molar-refractivity contribution < 1.29 is 4.92 Å². The fourth-order valence-electron chi connectivity index (χ4n) is 2.93. The highest BCUT2D eigenvalue weighted by atomic mass is 16.6. The van der Waals surface area contributed by atoms with Crippen molar-refractivity contribution >= 4 is 17.1 Å². The Balaban J connectivity index is 1.87. The van der Waals surface area contributed by atoms with Gasteiger partial charge in [0, 0.05) is 17.1 Å². The molecule has 1 aromatic carbocycles. The summed E-state index contributed by atoms with van der Waals surface area (Å²) in [5.41, 5.74) is 3.93. The van der Waals surface area contributed by atoms with Gasteiger partial charge in [-0.2, -0.15) is 5.26 Å². The van der Waals surface area contributed by atoms with Gasteiger partial charge in [-0.15, -0.1) is 0 Å². The van der Waals surface area contributed by atoms with Crippen molar-refractivity contribution in [3.63, 3.8) is 0 Å². The van der Waals surface area contributed by atoms with Gasteiger partial charge in [-0.3, -0.25) is 20.1 Å². The van der Waals surface area contributed by atoms with E-state index in [1.165, 1.54) is 6.07 Å². The van der Waals surface area contributed by atoms with E-state index in [1.807, 2.05) is 56.3 Å². The van der Waals surface area contributed by atoms with Crippen molar-refractivity contribution in [2.24, 2.45) is 0 Å². The lowest BCUT2D eigenvalue weighted by Gasteiger charge is -2.12. The van der Waals surface area contributed by atoms with E-state index in [0.29, 0.717) is 18.8 Å². The van der Waals surface area contributed by atoms with Gasteiger partial charge in [-0.1, -0.05) is 12.1 Å². The molecule has 2 aromatic heterocycles. The quantitative estimate of drug-likeness (QED) is 0.462. The summed E-state index contributed by atoms with van der Waals surface area (Å²) < 4.78 is 0. The van der Waals surface area contributed by atoms with Crippen LogP contribution in [0.5, 0.6) is 0 Å². The number of aryl methyl sites for hydroxylation is 2. The third-order valence-electron chi connectivity index (χ3n) is 4.24. The van der Waals surface area contributed by atoms with E-state index in [0.717, 1.165) is 22.8 Å². The van der Waals surface area contributed by atoms with Crippen molar-refractivity contribution in [2.75, 3.05) is 10.6 Å². The zero-order chi connectivity index (χ0) is 20.8. The minimum Gasteiger partial charge on any atom is -0.379 e. The highest BCUT2D eigenvalue weighted by molar-refractivity contribution is 5.74. The molecule has 0 atom stereocenters. The Labute approximate surface area is 168 Å². The van der Waals surface area contributed by atoms with Gasteiger partial charge in [0.2, 0.25) is 0 Å². The molecule has 0 spiro atoms. The number of nitriles is 1. The molecule has 8 nitrogen and oxygen atoms in total. The molecule has 0 aliphatic heterocycles. The summed E-state index contributed by atoms with van der Waals surface area (Å²) in [7, 11) is 0. The van der Waals surface area contributed by atoms with Gasteiger partial charge in [0.05, 0.1) is 29.4 Å². The lowest BCUT2D eigenvalue weighted by atomic mass is 10.1. The van der Waals surface area contributed by atoms with Gasteiger partial charge < -0.3 is 10.6 Å². The second-order valence-electron chi connectivity index (χ2n) is 6.54. The number of rotatable bonds is 7. The molecular formula is C21H20N6O2. The smallest absolute Gasteiger partial charge is 0.310 e. The van der Waals surface area contributed by atoms with Crippen molar-refractivity contribution in [2.45, 2.75) is 26.9 Å². The number of nitrogens with one attached hydrogen (secondary N) is 2. The van der Waals surface area contributed by atoms with Gasteiger partial charge >= 0.3 is 5.69 Å². The molecule has 3 aromatic rings. The van der Waals surface area contributed by atoms with E-state index < -0.39 is 4.92 Å². The predicted octanol–water partition coefficient (Wildman–Crippen LogP) is 4.10. The number of nitro benzene ring substituents is 1. The van der Waals surface area contributed by atoms with Gasteiger partial charge in [-0.05, 0) is 50.2 Å². The number of benzene rings is 1. The van der Waals surface area contributed by atoms with Crippen molar-refractivity contribution in [3.05, 3.63) is 87.0 Å². The second-order valence-corrected chi connectivity index (χ2v) is 6.54. The summed E-state index contributed by atoms with van der Waals surface area (Å²) >= 11 is 0. The number of nitrogens with zero attached hydrogens (tertiary/aromatic N) is 4. The fraction of sp³-hybridized carbons (Fsp3) is 0.190. The minimum atomic E-state index is -0.545. The van der Waals surface area contributed by atoms with Crippen LogP contribution in [0.3, 0.4) is 0 Å². The Morgan fingerprint density at radius 3 is 2.10 bits per heavy atom. The highest BCUT2D eigenvalue weighted by Crippen LogP contribution is 2.32. The first-order valence-corrected chi connectivity index (χ1v) is 9.01. The number of pyridine rings is 2. The summed E-state index contributed by atoms with van der Waals surface area (Å²) in [5.74, 6) is 0. The van der Waals surface area contributed by atoms with Crippen molar-refractivity contribution in [1.29, 1.82) is 5.26 Å². The molecule has 0 bridgehead atoms. The lowest BCUT2D eigenvalue weighted by molar-refractivity contribution is -0.384. The van der Waals surface area contributed by atoms with E-state index in [2.05, 4.69) is 20.6 Å². The molecule has 0 fully saturated rings. The maximum Gasteiger partial charge on any atom is 0.310 e. The van der Waals surface area contributed by atoms with Crippen LogP contribution in [-0.4, -0.2) is 14.9 Å². The molecule has 8 heteroatoms. The van der Waals surface area contributed by atoms with Crippen LogP contribution in [0, 0.1) is 35.3 Å². The summed E-state index contributed by atoms with van der Waals surface area (Å²) in [6, 6.07) is 16.3. The normalized spacial score (nSPS) is 10.2. The predicted molar refractivity (Wildman–Crippen MR) is 110 cm³/mol. The molecule has 146 valence electrons. The highest BCUT2D eigenvalue weighted by Gasteiger charge is 2.21. The molecule has 2 N–H and O–H groups in total. The average molecular weight is 388 g/mol. The van der Waals surface area contributed by atoms with E-state index in [-0.39, 0.29) is 16.9 Å². The summed E-state index contributed by atoms with van der Waals surface area (Å²) in [6.07, 6.45) is 0. The summed E-state index contributed by atoms with van der Waals surface area (Å²) in [4.78, 5) is 19.8. The van der Waals surface area contributed by atoms with Crippen LogP contribution >= 0.6 is 0 Å². The molecule has 0 amide bonds. The molecule has 0 radical (unpaired) electrons. The Morgan fingerprint density at radius 1 is 1.00 bits per heavy atom. The van der Waals surface area contributed by atoms with E-state index >= 15 is 0 Å². The maximum atomic E-state index is 11.6. The number of anilines is 2. The van der Waals surface area contributed by atoms with Crippen LogP contribution in [0.25, 0.3) is 0 Å². The Kier molecular flexibility index (Phi) is 6.00. The van der Waals surface area contributed by atoms with Crippen LogP contribution in [-0.2, 0) is 13.1 Å². The largest absolute Gasteiger partial charge is 0.379 e. The van der Waals surface area contributed by atoms with Gasteiger partial charge in [0.15, 0.2) is 0 Å². The molecule has 0 saturated carbocycles. The van der Waals surface area contributed by atoms with Crippen LogP contribution in [0.1, 0.15) is 28.3 Å². The number of aromatic nitrogens is 2. The molecule has 29 heavy (non-hydrogen) atoms. The number of hydrogen-bond acceptors (Lipinski definition) is 7. The lowest BCUT2D eigenvalue weighted by Crippen LogP contribution is -2.08. The van der Waals surface area contributed by atoms with Crippen molar-refractivity contribution in [1.82, 2.24) is 9.97 Å². The Morgan fingerprint density at radius 2 is 1.59 bits per heavy atom. The average Bonchev–Trinajstić information content (AvgIpc) is 2.70. The first-order chi connectivity index (χ1) is 14.0. The van der Waals surface area contributed by atoms with Gasteiger partial charge in [0.25, 0.3) is 0 Å². The fourth-order valence-corrected chi connectivity index (χ4v) is 2.93. The molecule has 0 unspecified atom stereocenters. The zero-order valence-electron chi connectivity index (χ0n) is 16.1. The van der Waals surface area contributed by atoms with Gasteiger partial charge in [0.1, 0.15) is 17.3 Å². The minimum absolute atomic E-state index is 0.0168. The first kappa shape index (κ1) is 19.8. The van der Waals surface area contributed by atoms with Crippen LogP contribution < -0.4 is 10.6 Å². The summed E-state index contributed by atoms with van der Waals surface area (Å²) in [5, 5.41) is 27.2. The number of nitro groups is 1. The molecule has 0 aliphatic rings. The van der Waals surface area contributed by atoms with E-state index in [1.54, 1.807) is 6.07 Å². The van der Waals surface area contributed by atoms with Crippen LogP contribution in [0.2, 0.25) is 0 Å². The van der Waals surface area contributed by atoms with Crippen molar-refractivity contribution in [3.8, 4) is 6.07 Å². The molecule has 2 heterocycles. The Bertz CT molecular complexity index is 1090. The SMILES string of the molecule is Cc1cccc(CNc2cc(C#N)c([N+](=O)[O-])c(NCc3cccc(C)n3)c2)n1. The maximum absolute atomic E-state index is 11.6. The molecule has 0 aliphatic carbocycles. The topological polar surface area (TPSA) is 117 Å². The zero-order valence-corrected chi connectivity index (χ0v) is 16.1. The van der Waals surface area contributed by atoms with Gasteiger partial charge in [-0.25, -0.2) is 0 Å². The second kappa shape index (κ2) is 8.80. The molecule has 0 saturated heterocycles. The monoisotopic (exact) mass is 388 g/mol. The third-order valence-corrected chi connectivity index (χ3v) is 4.24. The molecular weight excluding hydrogens is 368 g/mol.